The fraction of sp³-hybridized carbons (Fsp3) is 1.00. The van der Waals surface area contributed by atoms with E-state index >= 15 is 0 Å². The van der Waals surface area contributed by atoms with E-state index in [0.717, 1.165) is 0 Å². The van der Waals surface area contributed by atoms with Crippen molar-refractivity contribution in [1.29, 1.82) is 0 Å². The van der Waals surface area contributed by atoms with Gasteiger partial charge in [0.2, 0.25) is 0 Å². The summed E-state index contributed by atoms with van der Waals surface area (Å²) in [5.41, 5.74) is 1.20. The van der Waals surface area contributed by atoms with E-state index in [9.17, 15) is 0 Å². The molecule has 2 heterocycles. The van der Waals surface area contributed by atoms with Crippen molar-refractivity contribution in [2.45, 2.75) is 65.6 Å². The molecule has 0 radical (unpaired) electrons. The van der Waals surface area contributed by atoms with Crippen molar-refractivity contribution in [3.05, 3.63) is 0 Å². The zero-order chi connectivity index (χ0) is 12.4. The number of nitrogens with zero attached hydrogens (tertiary/aromatic N) is 2. The molecular formula is C14H28N2. The highest BCUT2D eigenvalue weighted by atomic mass is 15.4. The Morgan fingerprint density at radius 1 is 1.00 bits per heavy atom. The molecule has 2 atom stereocenters. The van der Waals surface area contributed by atoms with E-state index in [1.165, 1.54) is 19.6 Å². The van der Waals surface area contributed by atoms with E-state index < -0.39 is 0 Å². The molecule has 2 nitrogen and oxygen atoms in total. The molecule has 0 bridgehead atoms. The molecule has 2 aliphatic heterocycles. The highest BCUT2D eigenvalue weighted by Gasteiger charge is 2.65. The van der Waals surface area contributed by atoms with Crippen LogP contribution in [0.15, 0.2) is 0 Å². The molecule has 2 heteroatoms. The standard InChI is InChI=1S/C14H28N2/c1-11(2)15-8-13(6)9-16(12(3,4)5)14(13,7)10-15/h11H,8-10H2,1-7H3/t13-,14-/m0/s1. The van der Waals surface area contributed by atoms with Crippen LogP contribution in [0.3, 0.4) is 0 Å². The number of hydrogen-bond acceptors (Lipinski definition) is 2. The Labute approximate surface area is 101 Å². The summed E-state index contributed by atoms with van der Waals surface area (Å²) in [6.45, 7) is 20.4. The van der Waals surface area contributed by atoms with Crippen molar-refractivity contribution >= 4 is 0 Å². The first kappa shape index (κ1) is 12.4. The molecule has 94 valence electrons. The van der Waals surface area contributed by atoms with Crippen LogP contribution < -0.4 is 0 Å². The monoisotopic (exact) mass is 224 g/mol. The average Bonchev–Trinajstić information content (AvgIpc) is 2.27. The average molecular weight is 224 g/mol. The second kappa shape index (κ2) is 3.23. The predicted molar refractivity (Wildman–Crippen MR) is 69.7 cm³/mol. The zero-order valence-electron chi connectivity index (χ0n) is 12.1. The first-order chi connectivity index (χ1) is 7.10. The lowest BCUT2D eigenvalue weighted by molar-refractivity contribution is -0.151. The Kier molecular flexibility index (Phi) is 2.50. The molecule has 0 aromatic heterocycles. The normalized spacial score (nSPS) is 41.2. The maximum atomic E-state index is 2.70. The van der Waals surface area contributed by atoms with E-state index in [1.807, 2.05) is 0 Å². The van der Waals surface area contributed by atoms with E-state index in [4.69, 9.17) is 0 Å². The summed E-state index contributed by atoms with van der Waals surface area (Å²) < 4.78 is 0. The lowest BCUT2D eigenvalue weighted by atomic mass is 9.63. The molecule has 2 rings (SSSR count). The van der Waals surface area contributed by atoms with Crippen LogP contribution in [0.25, 0.3) is 0 Å². The third-order valence-corrected chi connectivity index (χ3v) is 5.01. The minimum atomic E-state index is 0.307. The predicted octanol–water partition coefficient (Wildman–Crippen LogP) is 2.59. The minimum Gasteiger partial charge on any atom is -0.298 e. The maximum Gasteiger partial charge on any atom is 0.0391 e. The van der Waals surface area contributed by atoms with Gasteiger partial charge >= 0.3 is 0 Å². The van der Waals surface area contributed by atoms with Gasteiger partial charge in [0, 0.05) is 42.2 Å². The van der Waals surface area contributed by atoms with Gasteiger partial charge in [-0.1, -0.05) is 6.92 Å². The number of hydrogen-bond donors (Lipinski definition) is 0. The number of likely N-dealkylation sites (tertiary alicyclic amines) is 2. The van der Waals surface area contributed by atoms with Gasteiger partial charge in [0.15, 0.2) is 0 Å². The fourth-order valence-electron chi connectivity index (χ4n) is 3.67. The van der Waals surface area contributed by atoms with Crippen LogP contribution in [0.2, 0.25) is 0 Å². The third kappa shape index (κ3) is 1.46. The Morgan fingerprint density at radius 2 is 1.56 bits per heavy atom. The van der Waals surface area contributed by atoms with Crippen LogP contribution in [0.4, 0.5) is 0 Å². The van der Waals surface area contributed by atoms with Gasteiger partial charge in [0.1, 0.15) is 0 Å². The van der Waals surface area contributed by atoms with Gasteiger partial charge in [0.25, 0.3) is 0 Å². The van der Waals surface area contributed by atoms with Crippen LogP contribution in [0.5, 0.6) is 0 Å². The Bertz CT molecular complexity index is 292. The summed E-state index contributed by atoms with van der Waals surface area (Å²) in [5.74, 6) is 0. The van der Waals surface area contributed by atoms with Gasteiger partial charge < -0.3 is 0 Å². The molecule has 0 N–H and O–H groups in total. The largest absolute Gasteiger partial charge is 0.298 e. The smallest absolute Gasteiger partial charge is 0.0391 e. The summed E-state index contributed by atoms with van der Waals surface area (Å²) in [6.07, 6.45) is 0. The van der Waals surface area contributed by atoms with Crippen molar-refractivity contribution in [3.8, 4) is 0 Å². The van der Waals surface area contributed by atoms with Crippen LogP contribution >= 0.6 is 0 Å². The van der Waals surface area contributed by atoms with Crippen LogP contribution in [-0.4, -0.2) is 46.6 Å². The number of rotatable bonds is 1. The third-order valence-electron chi connectivity index (χ3n) is 5.01. The van der Waals surface area contributed by atoms with E-state index in [1.54, 1.807) is 0 Å². The lowest BCUT2D eigenvalue weighted by Crippen LogP contribution is -2.75. The lowest BCUT2D eigenvalue weighted by Gasteiger charge is -2.65. The molecule has 0 aliphatic carbocycles. The van der Waals surface area contributed by atoms with Crippen molar-refractivity contribution in [3.63, 3.8) is 0 Å². The SMILES string of the molecule is CC(C)N1C[C@@]2(C)CN(C(C)(C)C)[C@@]2(C)C1. The highest BCUT2D eigenvalue weighted by molar-refractivity contribution is 5.20. The summed E-state index contributed by atoms with van der Waals surface area (Å²) in [7, 11) is 0. The fourth-order valence-corrected chi connectivity index (χ4v) is 3.67. The van der Waals surface area contributed by atoms with E-state index in [2.05, 4.69) is 58.3 Å². The van der Waals surface area contributed by atoms with Gasteiger partial charge in [-0.15, -0.1) is 0 Å². The van der Waals surface area contributed by atoms with Crippen LogP contribution in [0.1, 0.15) is 48.5 Å². The molecule has 0 saturated carbocycles. The number of fused-ring (bicyclic) bond motifs is 1. The summed E-state index contributed by atoms with van der Waals surface area (Å²) in [5, 5.41) is 0. The van der Waals surface area contributed by atoms with Crippen LogP contribution in [-0.2, 0) is 0 Å². The molecule has 2 aliphatic rings. The minimum absolute atomic E-state index is 0.307. The topological polar surface area (TPSA) is 6.48 Å². The molecule has 0 unspecified atom stereocenters. The van der Waals surface area contributed by atoms with Crippen molar-refractivity contribution in [2.75, 3.05) is 19.6 Å². The molecular weight excluding hydrogens is 196 g/mol. The molecule has 2 fully saturated rings. The molecule has 2 saturated heterocycles. The van der Waals surface area contributed by atoms with Crippen LogP contribution in [0, 0.1) is 5.41 Å². The summed E-state index contributed by atoms with van der Waals surface area (Å²) >= 11 is 0. The Balaban J connectivity index is 2.21. The van der Waals surface area contributed by atoms with Gasteiger partial charge in [-0.25, -0.2) is 0 Å². The Morgan fingerprint density at radius 3 is 2.00 bits per heavy atom. The zero-order valence-corrected chi connectivity index (χ0v) is 12.1. The second-order valence-electron chi connectivity index (χ2n) is 7.59. The molecule has 0 spiro atoms. The van der Waals surface area contributed by atoms with Crippen molar-refractivity contribution in [2.24, 2.45) is 5.41 Å². The van der Waals surface area contributed by atoms with Gasteiger partial charge in [-0.3, -0.25) is 9.80 Å². The molecule has 0 aromatic carbocycles. The first-order valence-electron chi connectivity index (χ1n) is 6.62. The van der Waals surface area contributed by atoms with Crippen molar-refractivity contribution < 1.29 is 0 Å². The van der Waals surface area contributed by atoms with E-state index in [0.29, 0.717) is 22.5 Å². The quantitative estimate of drug-likeness (QED) is 0.675. The summed E-state index contributed by atoms with van der Waals surface area (Å²) in [6, 6.07) is 0.682. The molecule has 0 amide bonds. The Hall–Kier alpha value is -0.0800. The first-order valence-corrected chi connectivity index (χ1v) is 6.62. The van der Waals surface area contributed by atoms with Crippen molar-refractivity contribution in [1.82, 2.24) is 9.80 Å². The van der Waals surface area contributed by atoms with Gasteiger partial charge in [-0.2, -0.15) is 0 Å². The van der Waals surface area contributed by atoms with Gasteiger partial charge in [0.05, 0.1) is 0 Å². The molecule has 16 heavy (non-hydrogen) atoms. The maximum absolute atomic E-state index is 2.70. The molecule has 0 aromatic rings. The van der Waals surface area contributed by atoms with E-state index in [-0.39, 0.29) is 0 Å². The highest BCUT2D eigenvalue weighted by Crippen LogP contribution is 2.55. The van der Waals surface area contributed by atoms with Gasteiger partial charge in [-0.05, 0) is 41.5 Å². The summed E-state index contributed by atoms with van der Waals surface area (Å²) in [4.78, 5) is 5.34. The second-order valence-corrected chi connectivity index (χ2v) is 7.59.